The van der Waals surface area contributed by atoms with Crippen LogP contribution in [0.3, 0.4) is 0 Å². The standard InChI is InChI=1S/C22H20O5/c1-22(2)21(24)15(12-26-22)19-17(25-3)10-9-14-16(23)11-18(27-20(14)19)13-7-5-4-6-8-13/h4-10,12,18H,11H2,1-3H3. The van der Waals surface area contributed by atoms with Crippen molar-refractivity contribution in [3.8, 4) is 11.5 Å². The van der Waals surface area contributed by atoms with Gasteiger partial charge in [-0.15, -0.1) is 0 Å². The summed E-state index contributed by atoms with van der Waals surface area (Å²) in [6.07, 6.45) is 1.26. The van der Waals surface area contributed by atoms with Gasteiger partial charge in [-0.05, 0) is 31.5 Å². The molecule has 2 aliphatic rings. The normalized spacial score (nSPS) is 20.4. The molecular formula is C22H20O5. The topological polar surface area (TPSA) is 61.8 Å². The number of Topliss-reactive ketones (excluding diaryl/α,β-unsaturated/α-hetero) is 2. The van der Waals surface area contributed by atoms with Crippen LogP contribution in [0.25, 0.3) is 5.57 Å². The van der Waals surface area contributed by atoms with Gasteiger partial charge in [0.15, 0.2) is 11.4 Å². The van der Waals surface area contributed by atoms with Gasteiger partial charge in [-0.3, -0.25) is 9.59 Å². The zero-order valence-corrected chi connectivity index (χ0v) is 15.4. The van der Waals surface area contributed by atoms with Crippen molar-refractivity contribution in [3.63, 3.8) is 0 Å². The predicted octanol–water partition coefficient (Wildman–Crippen LogP) is 4.12. The van der Waals surface area contributed by atoms with Crippen LogP contribution in [0, 0.1) is 0 Å². The summed E-state index contributed by atoms with van der Waals surface area (Å²) >= 11 is 0. The average Bonchev–Trinajstić information content (AvgIpc) is 2.94. The Kier molecular flexibility index (Phi) is 4.02. The van der Waals surface area contributed by atoms with E-state index >= 15 is 0 Å². The fourth-order valence-corrected chi connectivity index (χ4v) is 3.46. The minimum absolute atomic E-state index is 0.0276. The number of benzene rings is 2. The Labute approximate surface area is 157 Å². The van der Waals surface area contributed by atoms with Crippen LogP contribution >= 0.6 is 0 Å². The maximum atomic E-state index is 12.8. The lowest BCUT2D eigenvalue weighted by molar-refractivity contribution is -0.125. The highest BCUT2D eigenvalue weighted by atomic mass is 16.5. The monoisotopic (exact) mass is 364 g/mol. The Morgan fingerprint density at radius 3 is 2.44 bits per heavy atom. The largest absolute Gasteiger partial charge is 0.496 e. The molecule has 0 fully saturated rings. The van der Waals surface area contributed by atoms with Crippen molar-refractivity contribution in [1.29, 1.82) is 0 Å². The third kappa shape index (κ3) is 2.79. The number of fused-ring (bicyclic) bond motifs is 1. The molecule has 0 radical (unpaired) electrons. The third-order valence-corrected chi connectivity index (χ3v) is 4.97. The summed E-state index contributed by atoms with van der Waals surface area (Å²) in [5, 5.41) is 0. The summed E-state index contributed by atoms with van der Waals surface area (Å²) in [6.45, 7) is 3.42. The van der Waals surface area contributed by atoms with E-state index in [4.69, 9.17) is 14.2 Å². The van der Waals surface area contributed by atoms with Crippen molar-refractivity contribution in [2.45, 2.75) is 32.0 Å². The van der Waals surface area contributed by atoms with Crippen LogP contribution in [-0.2, 0) is 9.53 Å². The van der Waals surface area contributed by atoms with Gasteiger partial charge in [0, 0.05) is 0 Å². The minimum Gasteiger partial charge on any atom is -0.496 e. The lowest BCUT2D eigenvalue weighted by Crippen LogP contribution is -2.29. The first-order valence-electron chi connectivity index (χ1n) is 8.81. The summed E-state index contributed by atoms with van der Waals surface area (Å²) < 4.78 is 17.3. The Morgan fingerprint density at radius 1 is 1.07 bits per heavy atom. The van der Waals surface area contributed by atoms with E-state index in [1.165, 1.54) is 13.4 Å². The summed E-state index contributed by atoms with van der Waals surface area (Å²) in [5.41, 5.74) is 1.24. The number of ketones is 2. The van der Waals surface area contributed by atoms with Gasteiger partial charge in [-0.2, -0.15) is 0 Å². The molecule has 5 nitrogen and oxygen atoms in total. The summed E-state index contributed by atoms with van der Waals surface area (Å²) in [7, 11) is 1.52. The first kappa shape index (κ1) is 17.3. The highest BCUT2D eigenvalue weighted by molar-refractivity contribution is 6.27. The summed E-state index contributed by atoms with van der Waals surface area (Å²) in [5.74, 6) is 0.642. The average molecular weight is 364 g/mol. The molecule has 4 rings (SSSR count). The van der Waals surface area contributed by atoms with Crippen LogP contribution in [-0.4, -0.2) is 24.3 Å². The van der Waals surface area contributed by atoms with Crippen molar-refractivity contribution in [2.75, 3.05) is 7.11 Å². The molecule has 1 atom stereocenters. The molecule has 0 bridgehead atoms. The molecular weight excluding hydrogens is 344 g/mol. The van der Waals surface area contributed by atoms with E-state index in [1.807, 2.05) is 30.3 Å². The van der Waals surface area contributed by atoms with Gasteiger partial charge in [-0.25, -0.2) is 0 Å². The van der Waals surface area contributed by atoms with E-state index in [0.717, 1.165) is 5.56 Å². The molecule has 0 saturated heterocycles. The lowest BCUT2D eigenvalue weighted by Gasteiger charge is -2.28. The van der Waals surface area contributed by atoms with Crippen LogP contribution in [0.5, 0.6) is 11.5 Å². The van der Waals surface area contributed by atoms with Gasteiger partial charge in [-0.1, -0.05) is 30.3 Å². The smallest absolute Gasteiger partial charge is 0.209 e. The molecule has 0 aromatic heterocycles. The first-order valence-corrected chi connectivity index (χ1v) is 8.81. The number of carbonyl (C=O) groups excluding carboxylic acids is 2. The second-order valence-corrected chi connectivity index (χ2v) is 7.15. The lowest BCUT2D eigenvalue weighted by atomic mass is 9.89. The molecule has 138 valence electrons. The number of hydrogen-bond donors (Lipinski definition) is 0. The second-order valence-electron chi connectivity index (χ2n) is 7.15. The van der Waals surface area contributed by atoms with Crippen LogP contribution in [0.4, 0.5) is 0 Å². The Morgan fingerprint density at radius 2 is 1.81 bits per heavy atom. The van der Waals surface area contributed by atoms with E-state index < -0.39 is 11.7 Å². The number of methoxy groups -OCH3 is 1. The van der Waals surface area contributed by atoms with Crippen molar-refractivity contribution in [1.82, 2.24) is 0 Å². The SMILES string of the molecule is COc1ccc2c(c1C1=COC(C)(C)C1=O)OC(c1ccccc1)CC2=O. The van der Waals surface area contributed by atoms with E-state index in [2.05, 4.69) is 0 Å². The molecule has 0 amide bonds. The van der Waals surface area contributed by atoms with Gasteiger partial charge < -0.3 is 14.2 Å². The summed E-state index contributed by atoms with van der Waals surface area (Å²) in [4.78, 5) is 25.6. The maximum absolute atomic E-state index is 12.8. The van der Waals surface area contributed by atoms with Crippen molar-refractivity contribution in [2.24, 2.45) is 0 Å². The molecule has 2 aliphatic heterocycles. The highest BCUT2D eigenvalue weighted by Crippen LogP contribution is 2.46. The fraction of sp³-hybridized carbons (Fsp3) is 0.273. The zero-order chi connectivity index (χ0) is 19.2. The highest BCUT2D eigenvalue weighted by Gasteiger charge is 2.41. The van der Waals surface area contributed by atoms with Crippen molar-refractivity contribution < 1.29 is 23.8 Å². The first-order chi connectivity index (χ1) is 12.9. The van der Waals surface area contributed by atoms with Gasteiger partial charge in [0.25, 0.3) is 0 Å². The van der Waals surface area contributed by atoms with Crippen LogP contribution < -0.4 is 9.47 Å². The third-order valence-electron chi connectivity index (χ3n) is 4.97. The molecule has 1 unspecified atom stereocenters. The Balaban J connectivity index is 1.85. The molecule has 2 aromatic carbocycles. The molecule has 5 heteroatoms. The van der Waals surface area contributed by atoms with E-state index in [9.17, 15) is 9.59 Å². The van der Waals surface area contributed by atoms with Crippen molar-refractivity contribution >= 4 is 17.1 Å². The number of carbonyl (C=O) groups is 2. The number of hydrogen-bond acceptors (Lipinski definition) is 5. The van der Waals surface area contributed by atoms with E-state index in [-0.39, 0.29) is 18.0 Å². The van der Waals surface area contributed by atoms with Crippen LogP contribution in [0.1, 0.15) is 47.9 Å². The molecule has 2 heterocycles. The molecule has 0 spiro atoms. The fourth-order valence-electron chi connectivity index (χ4n) is 3.46. The van der Waals surface area contributed by atoms with Gasteiger partial charge >= 0.3 is 0 Å². The van der Waals surface area contributed by atoms with Gasteiger partial charge in [0.1, 0.15) is 17.6 Å². The van der Waals surface area contributed by atoms with Crippen LogP contribution in [0.15, 0.2) is 48.7 Å². The molecule has 0 aliphatic carbocycles. The minimum atomic E-state index is -0.958. The quantitative estimate of drug-likeness (QED) is 0.820. The second kappa shape index (κ2) is 6.27. The maximum Gasteiger partial charge on any atom is 0.209 e. The zero-order valence-electron chi connectivity index (χ0n) is 15.4. The van der Waals surface area contributed by atoms with Gasteiger partial charge in [0.2, 0.25) is 5.78 Å². The van der Waals surface area contributed by atoms with E-state index in [0.29, 0.717) is 28.2 Å². The molecule has 0 saturated carbocycles. The summed E-state index contributed by atoms with van der Waals surface area (Å²) in [6, 6.07) is 13.0. The van der Waals surface area contributed by atoms with E-state index in [1.54, 1.807) is 26.0 Å². The predicted molar refractivity (Wildman–Crippen MR) is 99.9 cm³/mol. The van der Waals surface area contributed by atoms with Crippen LogP contribution in [0.2, 0.25) is 0 Å². The molecule has 2 aromatic rings. The van der Waals surface area contributed by atoms with Crippen molar-refractivity contribution in [3.05, 3.63) is 65.4 Å². The Hall–Kier alpha value is -3.08. The Bertz CT molecular complexity index is 956. The van der Waals surface area contributed by atoms with Gasteiger partial charge in [0.05, 0.1) is 36.5 Å². The molecule has 27 heavy (non-hydrogen) atoms. The number of rotatable bonds is 3. The molecule has 0 N–H and O–H groups in total. The number of ether oxygens (including phenoxy) is 3.